The van der Waals surface area contributed by atoms with Crippen LogP contribution in [0.3, 0.4) is 0 Å². The van der Waals surface area contributed by atoms with Crippen molar-refractivity contribution in [3.63, 3.8) is 0 Å². The van der Waals surface area contributed by atoms with Gasteiger partial charge in [-0.25, -0.2) is 0 Å². The highest BCUT2D eigenvalue weighted by Crippen LogP contribution is 2.33. The molecule has 0 aromatic carbocycles. The van der Waals surface area contributed by atoms with Gasteiger partial charge >= 0.3 is 0 Å². The molecule has 0 radical (unpaired) electrons. The number of allylic oxidation sites excluding steroid dienone is 4. The molecule has 0 nitrogen and oxygen atoms in total. The first-order chi connectivity index (χ1) is 5.39. The van der Waals surface area contributed by atoms with Gasteiger partial charge in [0.2, 0.25) is 0 Å². The molecule has 1 rings (SSSR count). The lowest BCUT2D eigenvalue weighted by Crippen LogP contribution is -2.12. The van der Waals surface area contributed by atoms with Gasteiger partial charge in [-0.3, -0.25) is 0 Å². The smallest absolute Gasteiger partial charge is 0.0135 e. The largest absolute Gasteiger partial charge is 0.0776 e. The summed E-state index contributed by atoms with van der Waals surface area (Å²) < 4.78 is 0. The van der Waals surface area contributed by atoms with E-state index in [1.54, 1.807) is 0 Å². The predicted molar refractivity (Wildman–Crippen MR) is 55.1 cm³/mol. The van der Waals surface area contributed by atoms with E-state index in [9.17, 15) is 0 Å². The molecule has 0 N–H and O–H groups in total. The Morgan fingerprint density at radius 1 is 1.33 bits per heavy atom. The minimum absolute atomic E-state index is 0.315. The summed E-state index contributed by atoms with van der Waals surface area (Å²) in [6, 6.07) is 0. The topological polar surface area (TPSA) is 0 Å². The van der Waals surface area contributed by atoms with Crippen LogP contribution in [0.25, 0.3) is 0 Å². The average molecular weight is 164 g/mol. The average Bonchev–Trinajstić information content (AvgIpc) is 1.82. The second-order valence-electron chi connectivity index (χ2n) is 5.04. The lowest BCUT2D eigenvalue weighted by molar-refractivity contribution is 0.501. The predicted octanol–water partition coefficient (Wildman–Crippen LogP) is 3.95. The standard InChI is InChI=1S/C12H20/c1-9-6-10(2)8-11(7-9)12(3,4)5/h7-9H,6H2,1-5H3/t9-/m1/s1. The summed E-state index contributed by atoms with van der Waals surface area (Å²) >= 11 is 0. The van der Waals surface area contributed by atoms with E-state index in [1.165, 1.54) is 17.6 Å². The zero-order valence-corrected chi connectivity index (χ0v) is 8.94. The second kappa shape index (κ2) is 3.08. The van der Waals surface area contributed by atoms with E-state index < -0.39 is 0 Å². The van der Waals surface area contributed by atoms with Gasteiger partial charge in [0.05, 0.1) is 0 Å². The van der Waals surface area contributed by atoms with Crippen molar-refractivity contribution in [2.24, 2.45) is 11.3 Å². The van der Waals surface area contributed by atoms with Gasteiger partial charge in [-0.05, 0) is 30.3 Å². The zero-order valence-electron chi connectivity index (χ0n) is 8.94. The van der Waals surface area contributed by atoms with Gasteiger partial charge < -0.3 is 0 Å². The van der Waals surface area contributed by atoms with Gasteiger partial charge in [-0.2, -0.15) is 0 Å². The molecule has 0 unspecified atom stereocenters. The first kappa shape index (κ1) is 9.57. The van der Waals surface area contributed by atoms with Crippen LogP contribution in [-0.2, 0) is 0 Å². The number of rotatable bonds is 0. The molecule has 0 aliphatic heterocycles. The summed E-state index contributed by atoms with van der Waals surface area (Å²) in [4.78, 5) is 0. The fourth-order valence-corrected chi connectivity index (χ4v) is 1.71. The van der Waals surface area contributed by atoms with Crippen molar-refractivity contribution in [3.8, 4) is 0 Å². The minimum Gasteiger partial charge on any atom is -0.0776 e. The molecule has 1 aliphatic rings. The third-order valence-electron chi connectivity index (χ3n) is 2.38. The Morgan fingerprint density at radius 3 is 2.33 bits per heavy atom. The molecule has 0 fully saturated rings. The third kappa shape index (κ3) is 2.23. The van der Waals surface area contributed by atoms with Crippen LogP contribution in [0.2, 0.25) is 0 Å². The van der Waals surface area contributed by atoms with E-state index in [2.05, 4.69) is 46.8 Å². The van der Waals surface area contributed by atoms with Crippen molar-refractivity contribution < 1.29 is 0 Å². The molecule has 0 bridgehead atoms. The molecule has 1 aliphatic carbocycles. The SMILES string of the molecule is CC1=CC(C(C)(C)C)=C[C@H](C)C1. The summed E-state index contributed by atoms with van der Waals surface area (Å²) in [7, 11) is 0. The molecule has 68 valence electrons. The van der Waals surface area contributed by atoms with E-state index in [0.717, 1.165) is 5.92 Å². The van der Waals surface area contributed by atoms with Crippen molar-refractivity contribution in [3.05, 3.63) is 23.3 Å². The van der Waals surface area contributed by atoms with Gasteiger partial charge in [0.1, 0.15) is 0 Å². The van der Waals surface area contributed by atoms with Gasteiger partial charge in [-0.1, -0.05) is 45.4 Å². The maximum Gasteiger partial charge on any atom is -0.0135 e. The van der Waals surface area contributed by atoms with Gasteiger partial charge in [0.15, 0.2) is 0 Å². The summed E-state index contributed by atoms with van der Waals surface area (Å²) in [5, 5.41) is 0. The first-order valence-corrected chi connectivity index (χ1v) is 4.79. The maximum atomic E-state index is 2.41. The molecule has 0 spiro atoms. The summed E-state index contributed by atoms with van der Waals surface area (Å²) in [5.74, 6) is 0.726. The van der Waals surface area contributed by atoms with Crippen LogP contribution in [0.15, 0.2) is 23.3 Å². The van der Waals surface area contributed by atoms with Crippen molar-refractivity contribution >= 4 is 0 Å². The highest BCUT2D eigenvalue weighted by atomic mass is 14.2. The van der Waals surface area contributed by atoms with Crippen LogP contribution in [0, 0.1) is 11.3 Å². The molecule has 1 atom stereocenters. The number of hydrogen-bond acceptors (Lipinski definition) is 0. The van der Waals surface area contributed by atoms with E-state index in [4.69, 9.17) is 0 Å². The van der Waals surface area contributed by atoms with E-state index in [-0.39, 0.29) is 0 Å². The second-order valence-corrected chi connectivity index (χ2v) is 5.04. The molecule has 0 saturated heterocycles. The number of hydrogen-bond donors (Lipinski definition) is 0. The Kier molecular flexibility index (Phi) is 2.46. The Morgan fingerprint density at radius 2 is 1.92 bits per heavy atom. The summed E-state index contributed by atoms with van der Waals surface area (Å²) in [5.41, 5.74) is 3.34. The molecular weight excluding hydrogens is 144 g/mol. The summed E-state index contributed by atoms with van der Waals surface area (Å²) in [6.07, 6.45) is 5.99. The Labute approximate surface area is 76.4 Å². The summed E-state index contributed by atoms with van der Waals surface area (Å²) in [6.45, 7) is 11.4. The maximum absolute atomic E-state index is 2.41. The molecule has 0 aromatic heterocycles. The molecule has 0 saturated carbocycles. The highest BCUT2D eigenvalue weighted by molar-refractivity contribution is 5.32. The minimum atomic E-state index is 0.315. The first-order valence-electron chi connectivity index (χ1n) is 4.79. The van der Waals surface area contributed by atoms with Gasteiger partial charge in [0, 0.05) is 0 Å². The fraction of sp³-hybridized carbons (Fsp3) is 0.667. The lowest BCUT2D eigenvalue weighted by atomic mass is 9.79. The van der Waals surface area contributed by atoms with E-state index in [0.29, 0.717) is 5.41 Å². The van der Waals surface area contributed by atoms with Crippen molar-refractivity contribution in [1.29, 1.82) is 0 Å². The Hall–Kier alpha value is -0.520. The lowest BCUT2D eigenvalue weighted by Gasteiger charge is -2.26. The van der Waals surface area contributed by atoms with Crippen molar-refractivity contribution in [1.82, 2.24) is 0 Å². The monoisotopic (exact) mass is 164 g/mol. The van der Waals surface area contributed by atoms with Crippen molar-refractivity contribution in [2.45, 2.75) is 41.0 Å². The molecule has 0 heterocycles. The van der Waals surface area contributed by atoms with E-state index >= 15 is 0 Å². The van der Waals surface area contributed by atoms with Crippen molar-refractivity contribution in [2.75, 3.05) is 0 Å². The molecule has 0 amide bonds. The fourth-order valence-electron chi connectivity index (χ4n) is 1.71. The Bertz CT molecular complexity index is 223. The quantitative estimate of drug-likeness (QED) is 0.508. The van der Waals surface area contributed by atoms with Crippen LogP contribution < -0.4 is 0 Å². The molecule has 12 heavy (non-hydrogen) atoms. The van der Waals surface area contributed by atoms with Gasteiger partial charge in [-0.15, -0.1) is 0 Å². The van der Waals surface area contributed by atoms with Gasteiger partial charge in [0.25, 0.3) is 0 Å². The zero-order chi connectivity index (χ0) is 9.35. The van der Waals surface area contributed by atoms with Crippen LogP contribution >= 0.6 is 0 Å². The Balaban J connectivity index is 2.91. The van der Waals surface area contributed by atoms with Crippen LogP contribution in [0.1, 0.15) is 41.0 Å². The normalized spacial score (nSPS) is 24.9. The molecule has 0 aromatic rings. The van der Waals surface area contributed by atoms with Crippen LogP contribution in [-0.4, -0.2) is 0 Å². The van der Waals surface area contributed by atoms with Crippen LogP contribution in [0.5, 0.6) is 0 Å². The van der Waals surface area contributed by atoms with E-state index in [1.807, 2.05) is 0 Å². The van der Waals surface area contributed by atoms with Crippen LogP contribution in [0.4, 0.5) is 0 Å². The molecular formula is C12H20. The highest BCUT2D eigenvalue weighted by Gasteiger charge is 2.19. The molecule has 0 heteroatoms. The third-order valence-corrected chi connectivity index (χ3v) is 2.38.